The zero-order chi connectivity index (χ0) is 46.8. The van der Waals surface area contributed by atoms with Crippen LogP contribution in [0.4, 0.5) is 58.4 Å². The molecule has 0 bridgehead atoms. The van der Waals surface area contributed by atoms with Crippen LogP contribution in [0.3, 0.4) is 0 Å². The highest BCUT2D eigenvalue weighted by Crippen LogP contribution is 2.29. The summed E-state index contributed by atoms with van der Waals surface area (Å²) in [7, 11) is -9.72. The molecule has 22 nitrogen and oxygen atoms in total. The van der Waals surface area contributed by atoms with Gasteiger partial charge in [-0.25, -0.2) is 0 Å². The van der Waals surface area contributed by atoms with Crippen molar-refractivity contribution >= 4 is 90.8 Å². The number of nitrogens with one attached hydrogen (secondary N) is 8. The first-order valence-corrected chi connectivity index (χ1v) is 23.5. The van der Waals surface area contributed by atoms with Gasteiger partial charge in [0.05, 0.1) is 13.2 Å². The summed E-state index contributed by atoms with van der Waals surface area (Å²) < 4.78 is 71.5. The number of nitrogens with zero attached hydrogens (tertiary/aromatic N) is 6. The molecule has 0 fully saturated rings. The van der Waals surface area contributed by atoms with Crippen LogP contribution >= 0.6 is 0 Å². The van der Waals surface area contributed by atoms with E-state index in [0.717, 1.165) is 12.1 Å². The van der Waals surface area contributed by atoms with Gasteiger partial charge in [0.15, 0.2) is 0 Å². The van der Waals surface area contributed by atoms with E-state index < -0.39 is 30.0 Å². The van der Waals surface area contributed by atoms with Gasteiger partial charge in [0.2, 0.25) is 35.7 Å². The molecule has 0 aliphatic rings. The third-order valence-corrected chi connectivity index (χ3v) is 10.9. The Bertz CT molecular complexity index is 2590. The van der Waals surface area contributed by atoms with Gasteiger partial charge in [-0.2, -0.15) is 46.7 Å². The van der Waals surface area contributed by atoms with Gasteiger partial charge in [0, 0.05) is 48.9 Å². The molecule has 0 aliphatic heterocycles. The molecule has 0 radical (unpaired) electrons. The smallest absolute Gasteiger partial charge is 0.295 e. The van der Waals surface area contributed by atoms with E-state index in [9.17, 15) is 25.9 Å². The minimum Gasteiger partial charge on any atom is -0.395 e. The standard InChI is InChI=1S/C42H50N14O8S2/c57-25-23-43-19-7-21-45-37-51-39(47-31-9-3-1-4-10-31)55-41(53-37)49-33-17-15-29(35(27-33)65(59,60)61)13-14-30-16-18-34(28-36(30)66(62,63)64)50-42-54-38(46-22-8-20-44-24-26-58)52-40(56-42)48-32-11-5-2-6-12-32/h1-6,9-18,27-28,43-44,57-58H,7-8,19-26H2,(H,59,60,61)(H,62,63,64)(H3,45,47,49,51,53,55)(H3,46,48,50,52,54,56)/b14-13+. The Balaban J connectivity index is 1.23. The summed E-state index contributed by atoms with van der Waals surface area (Å²) in [5.41, 5.74) is 1.73. The summed E-state index contributed by atoms with van der Waals surface area (Å²) >= 11 is 0. The molecule has 0 saturated carbocycles. The van der Waals surface area contributed by atoms with Crippen molar-refractivity contribution in [3.05, 3.63) is 108 Å². The summed E-state index contributed by atoms with van der Waals surface area (Å²) in [6.07, 6.45) is 3.93. The van der Waals surface area contributed by atoms with E-state index in [0.29, 0.717) is 63.5 Å². The Hall–Kier alpha value is -6.90. The monoisotopic (exact) mass is 942 g/mol. The first-order chi connectivity index (χ1) is 31.9. The molecular formula is C42H50N14O8S2. The normalized spacial score (nSPS) is 11.6. The molecule has 0 atom stereocenters. The van der Waals surface area contributed by atoms with Crippen LogP contribution in [0.15, 0.2) is 107 Å². The predicted octanol–water partition coefficient (Wildman–Crippen LogP) is 4.46. The minimum atomic E-state index is -4.86. The van der Waals surface area contributed by atoms with Crippen molar-refractivity contribution in [2.45, 2.75) is 22.6 Å². The van der Waals surface area contributed by atoms with Crippen LogP contribution in [0.2, 0.25) is 0 Å². The van der Waals surface area contributed by atoms with Crippen LogP contribution in [0.1, 0.15) is 24.0 Å². The second kappa shape index (κ2) is 23.9. The minimum absolute atomic E-state index is 0.0152. The lowest BCUT2D eigenvalue weighted by Gasteiger charge is -2.13. The van der Waals surface area contributed by atoms with Crippen LogP contribution in [-0.2, 0) is 20.2 Å². The SMILES string of the molecule is O=S(=O)(O)c1cc(Nc2nc(NCCCNCCO)nc(Nc3ccccc3)n2)ccc1/C=C/c1ccc(Nc2nc(NCCCNCCO)nc(Nc3ccccc3)n2)cc1S(=O)(=O)O. The van der Waals surface area contributed by atoms with Crippen molar-refractivity contribution in [1.82, 2.24) is 40.5 Å². The quantitative estimate of drug-likeness (QED) is 0.0203. The fourth-order valence-corrected chi connectivity index (χ4v) is 7.47. The maximum atomic E-state index is 12.7. The molecule has 24 heteroatoms. The van der Waals surface area contributed by atoms with Crippen molar-refractivity contribution in [3.63, 3.8) is 0 Å². The summed E-state index contributed by atoms with van der Waals surface area (Å²) in [6, 6.07) is 26.4. The molecule has 348 valence electrons. The van der Waals surface area contributed by atoms with E-state index in [-0.39, 0.29) is 71.4 Å². The van der Waals surface area contributed by atoms with Crippen molar-refractivity contribution in [1.29, 1.82) is 0 Å². The molecule has 2 aromatic heterocycles. The third kappa shape index (κ3) is 15.4. The van der Waals surface area contributed by atoms with Gasteiger partial charge in [0.1, 0.15) is 9.79 Å². The van der Waals surface area contributed by atoms with Crippen molar-refractivity contribution in [2.24, 2.45) is 0 Å². The highest BCUT2D eigenvalue weighted by molar-refractivity contribution is 7.86. The highest BCUT2D eigenvalue weighted by Gasteiger charge is 2.19. The third-order valence-electron chi connectivity index (χ3n) is 9.07. The van der Waals surface area contributed by atoms with Crippen molar-refractivity contribution in [2.75, 3.05) is 84.4 Å². The number of aliphatic hydroxyl groups is 2. The van der Waals surface area contributed by atoms with E-state index >= 15 is 0 Å². The Morgan fingerprint density at radius 1 is 0.424 bits per heavy atom. The Morgan fingerprint density at radius 3 is 1.12 bits per heavy atom. The van der Waals surface area contributed by atoms with Gasteiger partial charge in [0.25, 0.3) is 20.2 Å². The Kier molecular flexibility index (Phi) is 17.6. The molecular weight excluding hydrogens is 893 g/mol. The summed E-state index contributed by atoms with van der Waals surface area (Å²) in [6.45, 7) is 3.23. The Labute approximate surface area is 381 Å². The maximum absolute atomic E-state index is 12.7. The summed E-state index contributed by atoms with van der Waals surface area (Å²) in [5, 5.41) is 42.6. The largest absolute Gasteiger partial charge is 0.395 e. The second-order valence-electron chi connectivity index (χ2n) is 14.1. The lowest BCUT2D eigenvalue weighted by atomic mass is 10.1. The van der Waals surface area contributed by atoms with E-state index in [1.54, 1.807) is 0 Å². The van der Waals surface area contributed by atoms with E-state index in [2.05, 4.69) is 72.4 Å². The maximum Gasteiger partial charge on any atom is 0.295 e. The molecule has 0 saturated heterocycles. The molecule has 12 N–H and O–H groups in total. The number of rotatable bonds is 26. The predicted molar refractivity (Wildman–Crippen MR) is 253 cm³/mol. The number of hydrogen-bond donors (Lipinski definition) is 12. The van der Waals surface area contributed by atoms with Crippen LogP contribution in [0, 0.1) is 0 Å². The van der Waals surface area contributed by atoms with Crippen LogP contribution in [-0.4, -0.2) is 119 Å². The van der Waals surface area contributed by atoms with Crippen LogP contribution in [0.25, 0.3) is 12.2 Å². The van der Waals surface area contributed by atoms with Gasteiger partial charge < -0.3 is 52.7 Å². The topological polar surface area (TPSA) is 323 Å². The Morgan fingerprint density at radius 2 is 0.773 bits per heavy atom. The van der Waals surface area contributed by atoms with Gasteiger partial charge in [-0.1, -0.05) is 60.7 Å². The number of benzene rings is 4. The number of anilines is 10. The fourth-order valence-electron chi connectivity index (χ4n) is 6.05. The number of para-hydroxylation sites is 2. The second-order valence-corrected chi connectivity index (χ2v) is 16.9. The molecule has 0 spiro atoms. The lowest BCUT2D eigenvalue weighted by Crippen LogP contribution is -2.21. The molecule has 0 amide bonds. The molecule has 2 heterocycles. The van der Waals surface area contributed by atoms with Crippen molar-refractivity contribution < 1.29 is 36.2 Å². The van der Waals surface area contributed by atoms with Gasteiger partial charge in [-0.05, 0) is 85.6 Å². The van der Waals surface area contributed by atoms with E-state index in [1.165, 1.54) is 36.4 Å². The molecule has 4 aromatic carbocycles. The van der Waals surface area contributed by atoms with Crippen LogP contribution in [0.5, 0.6) is 0 Å². The lowest BCUT2D eigenvalue weighted by molar-refractivity contribution is 0.292. The highest BCUT2D eigenvalue weighted by atomic mass is 32.2. The van der Waals surface area contributed by atoms with Crippen LogP contribution < -0.4 is 42.5 Å². The van der Waals surface area contributed by atoms with Crippen molar-refractivity contribution in [3.8, 4) is 0 Å². The van der Waals surface area contributed by atoms with E-state index in [4.69, 9.17) is 10.2 Å². The molecule has 66 heavy (non-hydrogen) atoms. The molecule has 0 unspecified atom stereocenters. The fraction of sp³-hybridized carbons (Fsp3) is 0.238. The summed E-state index contributed by atoms with van der Waals surface area (Å²) in [5.74, 6) is 0.870. The average molecular weight is 943 g/mol. The summed E-state index contributed by atoms with van der Waals surface area (Å²) in [4.78, 5) is 25.6. The first-order valence-electron chi connectivity index (χ1n) is 20.6. The zero-order valence-corrected chi connectivity index (χ0v) is 37.0. The molecule has 0 aliphatic carbocycles. The zero-order valence-electron chi connectivity index (χ0n) is 35.4. The average Bonchev–Trinajstić information content (AvgIpc) is 3.28. The molecule has 6 aromatic rings. The number of aromatic nitrogens is 6. The van der Waals surface area contributed by atoms with E-state index in [1.807, 2.05) is 60.7 Å². The first kappa shape index (κ1) is 48.6. The van der Waals surface area contributed by atoms with Gasteiger partial charge in [-0.3, -0.25) is 9.11 Å². The number of hydrogen-bond acceptors (Lipinski definition) is 20. The van der Waals surface area contributed by atoms with Gasteiger partial charge >= 0.3 is 0 Å². The molecule has 6 rings (SSSR count). The van der Waals surface area contributed by atoms with Gasteiger partial charge in [-0.15, -0.1) is 0 Å². The number of aliphatic hydroxyl groups excluding tert-OH is 2.